The maximum atomic E-state index is 13.9. The molecule has 2 rings (SSSR count). The van der Waals surface area contributed by atoms with Crippen molar-refractivity contribution < 1.29 is 28.3 Å². The minimum Gasteiger partial charge on any atom is -0.455 e. The SMILES string of the molecule is CC(C)CCNC(=O)NC(=O)COC(=O)[C@H]1CC(=O)N(c2ccccc2F)C1. The fourth-order valence-corrected chi connectivity index (χ4v) is 2.70. The number of rotatable bonds is 7. The number of nitrogens with zero attached hydrogens (tertiary/aromatic N) is 1. The topological polar surface area (TPSA) is 105 Å². The summed E-state index contributed by atoms with van der Waals surface area (Å²) in [5.74, 6) is -2.88. The second-order valence-corrected chi connectivity index (χ2v) is 6.95. The van der Waals surface area contributed by atoms with E-state index in [-0.39, 0.29) is 18.7 Å². The number of amides is 4. The highest BCUT2D eigenvalue weighted by atomic mass is 19.1. The molecular formula is C19H24FN3O5. The lowest BCUT2D eigenvalue weighted by atomic mass is 10.1. The molecule has 2 N–H and O–H groups in total. The minimum atomic E-state index is -0.806. The molecule has 0 aliphatic carbocycles. The van der Waals surface area contributed by atoms with Crippen LogP contribution < -0.4 is 15.5 Å². The smallest absolute Gasteiger partial charge is 0.321 e. The van der Waals surface area contributed by atoms with Crippen LogP contribution in [-0.2, 0) is 19.1 Å². The van der Waals surface area contributed by atoms with Gasteiger partial charge in [0.2, 0.25) is 5.91 Å². The van der Waals surface area contributed by atoms with E-state index >= 15 is 0 Å². The van der Waals surface area contributed by atoms with Gasteiger partial charge in [-0.1, -0.05) is 26.0 Å². The highest BCUT2D eigenvalue weighted by molar-refractivity contribution is 6.00. The van der Waals surface area contributed by atoms with Gasteiger partial charge >= 0.3 is 12.0 Å². The van der Waals surface area contributed by atoms with E-state index in [9.17, 15) is 23.6 Å². The third-order valence-electron chi connectivity index (χ3n) is 4.21. The third-order valence-corrected chi connectivity index (χ3v) is 4.21. The van der Waals surface area contributed by atoms with Crippen molar-refractivity contribution in [1.29, 1.82) is 0 Å². The Labute approximate surface area is 162 Å². The zero-order chi connectivity index (χ0) is 20.7. The summed E-state index contributed by atoms with van der Waals surface area (Å²) in [6.45, 7) is 3.76. The van der Waals surface area contributed by atoms with E-state index in [1.165, 1.54) is 23.1 Å². The van der Waals surface area contributed by atoms with Crippen LogP contribution in [0.3, 0.4) is 0 Å². The maximum Gasteiger partial charge on any atom is 0.321 e. The number of imide groups is 1. The Morgan fingerprint density at radius 3 is 2.68 bits per heavy atom. The fourth-order valence-electron chi connectivity index (χ4n) is 2.70. The van der Waals surface area contributed by atoms with Gasteiger partial charge in [0.1, 0.15) is 5.82 Å². The van der Waals surface area contributed by atoms with Crippen molar-refractivity contribution in [3.63, 3.8) is 0 Å². The molecule has 1 aromatic rings. The average Bonchev–Trinajstić information content (AvgIpc) is 3.01. The highest BCUT2D eigenvalue weighted by Gasteiger charge is 2.37. The van der Waals surface area contributed by atoms with E-state index in [4.69, 9.17) is 4.74 Å². The lowest BCUT2D eigenvalue weighted by Gasteiger charge is -2.17. The quantitative estimate of drug-likeness (QED) is 0.685. The van der Waals surface area contributed by atoms with Crippen LogP contribution in [0.15, 0.2) is 24.3 Å². The molecule has 4 amide bonds. The monoisotopic (exact) mass is 393 g/mol. The molecule has 8 nitrogen and oxygen atoms in total. The number of halogens is 1. The molecule has 0 saturated carbocycles. The molecule has 1 aliphatic rings. The lowest BCUT2D eigenvalue weighted by molar-refractivity contribution is -0.152. The van der Waals surface area contributed by atoms with Gasteiger partial charge in [-0.25, -0.2) is 9.18 Å². The zero-order valence-corrected chi connectivity index (χ0v) is 15.9. The molecule has 152 valence electrons. The van der Waals surface area contributed by atoms with E-state index in [0.717, 1.165) is 6.42 Å². The van der Waals surface area contributed by atoms with Crippen molar-refractivity contribution in [3.8, 4) is 0 Å². The maximum absolute atomic E-state index is 13.9. The van der Waals surface area contributed by atoms with Gasteiger partial charge in [-0.05, 0) is 24.5 Å². The third kappa shape index (κ3) is 6.04. The molecule has 1 saturated heterocycles. The molecular weight excluding hydrogens is 369 g/mol. The van der Waals surface area contributed by atoms with Gasteiger partial charge < -0.3 is 15.0 Å². The van der Waals surface area contributed by atoms with Gasteiger partial charge in [0.05, 0.1) is 11.6 Å². The van der Waals surface area contributed by atoms with Crippen molar-refractivity contribution in [2.24, 2.45) is 11.8 Å². The molecule has 0 bridgehead atoms. The Morgan fingerprint density at radius 2 is 2.00 bits per heavy atom. The summed E-state index contributed by atoms with van der Waals surface area (Å²) in [7, 11) is 0. The summed E-state index contributed by atoms with van der Waals surface area (Å²) in [6, 6.07) is 5.11. The standard InChI is InChI=1S/C19H24FN3O5/c1-12(2)7-8-21-19(27)22-16(24)11-28-18(26)13-9-17(25)23(10-13)15-6-4-3-5-14(15)20/h3-6,12-13H,7-11H2,1-2H3,(H2,21,22,24,27)/t13-/m0/s1. The number of esters is 1. The molecule has 0 aromatic heterocycles. The predicted octanol–water partition coefficient (Wildman–Crippen LogP) is 1.59. The van der Waals surface area contributed by atoms with Crippen molar-refractivity contribution in [2.45, 2.75) is 26.7 Å². The van der Waals surface area contributed by atoms with Gasteiger partial charge in [0.15, 0.2) is 6.61 Å². The van der Waals surface area contributed by atoms with Crippen molar-refractivity contribution in [3.05, 3.63) is 30.1 Å². The van der Waals surface area contributed by atoms with Crippen LogP contribution in [0.4, 0.5) is 14.9 Å². The van der Waals surface area contributed by atoms with Crippen molar-refractivity contribution >= 4 is 29.5 Å². The first-order valence-electron chi connectivity index (χ1n) is 9.07. The zero-order valence-electron chi connectivity index (χ0n) is 15.9. The first kappa shape index (κ1) is 21.3. The number of carbonyl (C=O) groups is 4. The van der Waals surface area contributed by atoms with Crippen LogP contribution in [0.25, 0.3) is 0 Å². The molecule has 0 spiro atoms. The molecule has 0 radical (unpaired) electrons. The van der Waals surface area contributed by atoms with Crippen molar-refractivity contribution in [1.82, 2.24) is 10.6 Å². The number of hydrogen-bond acceptors (Lipinski definition) is 5. The summed E-state index contributed by atoms with van der Waals surface area (Å²) in [6.07, 6.45) is 0.634. The average molecular weight is 393 g/mol. The van der Waals surface area contributed by atoms with Crippen LogP contribution in [-0.4, -0.2) is 43.5 Å². The van der Waals surface area contributed by atoms with E-state index < -0.39 is 42.2 Å². The Morgan fingerprint density at radius 1 is 1.29 bits per heavy atom. The van der Waals surface area contributed by atoms with E-state index in [0.29, 0.717) is 12.5 Å². The number of anilines is 1. The molecule has 1 aliphatic heterocycles. The number of benzene rings is 1. The first-order valence-corrected chi connectivity index (χ1v) is 9.07. The molecule has 1 heterocycles. The fraction of sp³-hybridized carbons (Fsp3) is 0.474. The number of nitrogens with one attached hydrogen (secondary N) is 2. The molecule has 0 unspecified atom stereocenters. The normalized spacial score (nSPS) is 16.2. The van der Waals surface area contributed by atoms with Gasteiger partial charge in [0.25, 0.3) is 5.91 Å². The Hall–Kier alpha value is -2.97. The Balaban J connectivity index is 1.77. The van der Waals surface area contributed by atoms with Crippen LogP contribution in [0.2, 0.25) is 0 Å². The Kier molecular flexibility index (Phi) is 7.48. The number of para-hydroxylation sites is 1. The highest BCUT2D eigenvalue weighted by Crippen LogP contribution is 2.27. The Bertz CT molecular complexity index is 753. The predicted molar refractivity (Wildman–Crippen MR) is 98.8 cm³/mol. The van der Waals surface area contributed by atoms with Gasteiger partial charge in [-0.3, -0.25) is 19.7 Å². The van der Waals surface area contributed by atoms with Crippen LogP contribution in [0.5, 0.6) is 0 Å². The molecule has 9 heteroatoms. The summed E-state index contributed by atoms with van der Waals surface area (Å²) in [5, 5.41) is 4.58. The van der Waals surface area contributed by atoms with E-state index in [1.54, 1.807) is 6.07 Å². The molecule has 1 fully saturated rings. The molecule has 1 aromatic carbocycles. The largest absolute Gasteiger partial charge is 0.455 e. The second-order valence-electron chi connectivity index (χ2n) is 6.95. The van der Waals surface area contributed by atoms with Gasteiger partial charge in [-0.2, -0.15) is 0 Å². The van der Waals surface area contributed by atoms with Crippen LogP contribution in [0, 0.1) is 17.7 Å². The number of carbonyl (C=O) groups excluding carboxylic acids is 4. The first-order chi connectivity index (χ1) is 13.3. The number of urea groups is 1. The summed E-state index contributed by atoms with van der Waals surface area (Å²) >= 11 is 0. The summed E-state index contributed by atoms with van der Waals surface area (Å²) in [4.78, 5) is 48.6. The van der Waals surface area contributed by atoms with E-state index in [1.807, 2.05) is 13.8 Å². The summed E-state index contributed by atoms with van der Waals surface area (Å²) < 4.78 is 18.7. The number of ether oxygens (including phenoxy) is 1. The van der Waals surface area contributed by atoms with Crippen molar-refractivity contribution in [2.75, 3.05) is 24.6 Å². The number of hydrogen-bond donors (Lipinski definition) is 2. The van der Waals surface area contributed by atoms with Gasteiger partial charge in [0, 0.05) is 19.5 Å². The summed E-state index contributed by atoms with van der Waals surface area (Å²) in [5.41, 5.74) is 0.0959. The molecule has 1 atom stereocenters. The van der Waals surface area contributed by atoms with E-state index in [2.05, 4.69) is 10.6 Å². The van der Waals surface area contributed by atoms with Gasteiger partial charge in [-0.15, -0.1) is 0 Å². The minimum absolute atomic E-state index is 0.0318. The second kappa shape index (κ2) is 9.82. The molecule has 28 heavy (non-hydrogen) atoms. The lowest BCUT2D eigenvalue weighted by Crippen LogP contribution is -2.42. The van der Waals surface area contributed by atoms with Crippen LogP contribution >= 0.6 is 0 Å². The van der Waals surface area contributed by atoms with Crippen LogP contribution in [0.1, 0.15) is 26.7 Å².